The van der Waals surface area contributed by atoms with Gasteiger partial charge < -0.3 is 24.4 Å². The smallest absolute Gasteiger partial charge is 0.313 e. The Morgan fingerprint density at radius 1 is 1.05 bits per heavy atom. The summed E-state index contributed by atoms with van der Waals surface area (Å²) in [4.78, 5) is 45.9. The van der Waals surface area contributed by atoms with Crippen molar-refractivity contribution in [3.63, 3.8) is 0 Å². The summed E-state index contributed by atoms with van der Waals surface area (Å²) in [5, 5.41) is 10.5. The molecule has 4 aliphatic heterocycles. The summed E-state index contributed by atoms with van der Waals surface area (Å²) in [7, 11) is 0. The van der Waals surface area contributed by atoms with E-state index < -0.39 is 41.1 Å². The second kappa shape index (κ2) is 11.9. The van der Waals surface area contributed by atoms with E-state index >= 15 is 0 Å². The Kier molecular flexibility index (Phi) is 9.03. The van der Waals surface area contributed by atoms with Crippen LogP contribution in [0.3, 0.4) is 0 Å². The molecule has 0 saturated carbocycles. The predicted octanol–water partition coefficient (Wildman–Crippen LogP) is 3.63. The van der Waals surface area contributed by atoms with E-state index in [0.29, 0.717) is 32.5 Å². The van der Waals surface area contributed by atoms with Gasteiger partial charge in [-0.15, -0.1) is 0 Å². The molecular formula is C30H46N2O6. The number of cyclic esters (lactones) is 1. The SMILES string of the molecule is CCCCCN1CC=C[C@]23O[C@@]4(CC)/C=C\CCCCOC(=O)[C@H]4[C@H]2C(=O)N([C@@H](CO)CC(C)C)C3C1=O. The highest BCUT2D eigenvalue weighted by Crippen LogP contribution is 2.58. The monoisotopic (exact) mass is 530 g/mol. The molecule has 0 aliphatic carbocycles. The second-order valence-electron chi connectivity index (χ2n) is 11.8. The molecule has 38 heavy (non-hydrogen) atoms. The first-order chi connectivity index (χ1) is 18.3. The third kappa shape index (κ3) is 4.94. The van der Waals surface area contributed by atoms with Crippen LogP contribution in [0.2, 0.25) is 0 Å². The van der Waals surface area contributed by atoms with Crippen molar-refractivity contribution < 1.29 is 29.0 Å². The number of unbranched alkanes of at least 4 members (excludes halogenated alkanes) is 2. The lowest BCUT2D eigenvalue weighted by atomic mass is 9.73. The quantitative estimate of drug-likeness (QED) is 0.278. The first-order valence-corrected chi connectivity index (χ1v) is 14.7. The van der Waals surface area contributed by atoms with Gasteiger partial charge in [-0.1, -0.05) is 64.8 Å². The van der Waals surface area contributed by atoms with Crippen molar-refractivity contribution in [1.29, 1.82) is 0 Å². The zero-order chi connectivity index (χ0) is 27.5. The van der Waals surface area contributed by atoms with Gasteiger partial charge in [0, 0.05) is 13.1 Å². The van der Waals surface area contributed by atoms with Gasteiger partial charge in [-0.2, -0.15) is 0 Å². The minimum atomic E-state index is -1.31. The van der Waals surface area contributed by atoms with E-state index in [4.69, 9.17) is 9.47 Å². The number of esters is 1. The van der Waals surface area contributed by atoms with Crippen molar-refractivity contribution >= 4 is 17.8 Å². The molecule has 8 heteroatoms. The highest BCUT2D eigenvalue weighted by molar-refractivity contribution is 5.99. The number of rotatable bonds is 9. The maximum atomic E-state index is 14.5. The fourth-order valence-electron chi connectivity index (χ4n) is 6.99. The molecule has 0 aromatic carbocycles. The predicted molar refractivity (Wildman–Crippen MR) is 144 cm³/mol. The number of hydrogen-bond acceptors (Lipinski definition) is 6. The average molecular weight is 531 g/mol. The Bertz CT molecular complexity index is 947. The fraction of sp³-hybridized carbons (Fsp3) is 0.767. The summed E-state index contributed by atoms with van der Waals surface area (Å²) in [6, 6.07) is -1.49. The van der Waals surface area contributed by atoms with Gasteiger partial charge in [-0.3, -0.25) is 14.4 Å². The number of carbonyl (C=O) groups excluding carboxylic acids is 3. The van der Waals surface area contributed by atoms with Gasteiger partial charge in [0.1, 0.15) is 23.2 Å². The van der Waals surface area contributed by atoms with Crippen LogP contribution in [-0.2, 0) is 23.9 Å². The van der Waals surface area contributed by atoms with Crippen LogP contribution in [0.4, 0.5) is 0 Å². The Hall–Kier alpha value is -2.19. The van der Waals surface area contributed by atoms with E-state index in [2.05, 4.69) is 13.0 Å². The van der Waals surface area contributed by atoms with Crippen LogP contribution in [0.25, 0.3) is 0 Å². The standard InChI is InChI=1S/C30H46N2O6/c1-5-7-11-16-31-17-13-15-30-23(26(34)32(25(30)27(31)35)22(20-33)19-21(3)4)24-28(36)37-18-12-9-8-10-14-29(24,6-2)38-30/h10,13-15,21-25,33H,5-9,11-12,16-20H2,1-4H3/b14-10-/t22-,23+,24-,25?,29+,30+/m1/s1. The second-order valence-corrected chi connectivity index (χ2v) is 11.8. The normalized spacial score (nSPS) is 35.0. The highest BCUT2D eigenvalue weighted by atomic mass is 16.6. The van der Waals surface area contributed by atoms with E-state index in [9.17, 15) is 19.5 Å². The molecule has 1 unspecified atom stereocenters. The number of aliphatic hydroxyl groups excluding tert-OH is 1. The maximum absolute atomic E-state index is 14.5. The van der Waals surface area contributed by atoms with Crippen molar-refractivity contribution in [3.8, 4) is 0 Å². The molecule has 0 aromatic rings. The average Bonchev–Trinajstić information content (AvgIpc) is 3.26. The Morgan fingerprint density at radius 2 is 1.84 bits per heavy atom. The number of allylic oxidation sites excluding steroid dienone is 1. The van der Waals surface area contributed by atoms with Crippen LogP contribution in [0.15, 0.2) is 24.3 Å². The number of aliphatic hydroxyl groups is 1. The van der Waals surface area contributed by atoms with E-state index in [1.54, 1.807) is 4.90 Å². The largest absolute Gasteiger partial charge is 0.465 e. The molecule has 1 N–H and O–H groups in total. The molecule has 1 spiro atoms. The molecule has 6 atom stereocenters. The third-order valence-electron chi connectivity index (χ3n) is 8.78. The lowest BCUT2D eigenvalue weighted by molar-refractivity contribution is -0.163. The van der Waals surface area contributed by atoms with Crippen LogP contribution < -0.4 is 0 Å². The minimum Gasteiger partial charge on any atom is -0.465 e. The molecule has 0 bridgehead atoms. The zero-order valence-corrected chi connectivity index (χ0v) is 23.6. The lowest BCUT2D eigenvalue weighted by Crippen LogP contribution is -2.59. The topological polar surface area (TPSA) is 96.4 Å². The Balaban J connectivity index is 1.86. The molecule has 0 aromatic heterocycles. The van der Waals surface area contributed by atoms with E-state index in [-0.39, 0.29) is 24.3 Å². The molecule has 8 nitrogen and oxygen atoms in total. The van der Waals surface area contributed by atoms with Crippen LogP contribution in [0.1, 0.15) is 79.1 Å². The Morgan fingerprint density at radius 3 is 2.53 bits per heavy atom. The first kappa shape index (κ1) is 28.8. The van der Waals surface area contributed by atoms with E-state index in [0.717, 1.165) is 38.5 Å². The fourth-order valence-corrected chi connectivity index (χ4v) is 6.99. The summed E-state index contributed by atoms with van der Waals surface area (Å²) in [5.41, 5.74) is -2.36. The number of carbonyl (C=O) groups is 3. The number of hydrogen-bond donors (Lipinski definition) is 1. The molecule has 2 amide bonds. The summed E-state index contributed by atoms with van der Waals surface area (Å²) in [6.07, 6.45) is 14.2. The molecular weight excluding hydrogens is 484 g/mol. The van der Waals surface area contributed by atoms with Gasteiger partial charge in [-0.05, 0) is 44.4 Å². The molecule has 4 aliphatic rings. The minimum absolute atomic E-state index is 0.170. The summed E-state index contributed by atoms with van der Waals surface area (Å²) < 4.78 is 12.7. The van der Waals surface area contributed by atoms with Gasteiger partial charge in [-0.25, -0.2) is 0 Å². The first-order valence-electron chi connectivity index (χ1n) is 14.7. The van der Waals surface area contributed by atoms with Gasteiger partial charge in [0.15, 0.2) is 0 Å². The summed E-state index contributed by atoms with van der Waals surface area (Å²) >= 11 is 0. The zero-order valence-electron chi connectivity index (χ0n) is 23.6. The Labute approximate surface area is 227 Å². The number of likely N-dealkylation sites (tertiary alicyclic amines) is 1. The van der Waals surface area contributed by atoms with Crippen molar-refractivity contribution in [1.82, 2.24) is 9.80 Å². The number of fused-ring (bicyclic) bond motifs is 2. The van der Waals surface area contributed by atoms with E-state index in [1.807, 2.05) is 43.9 Å². The number of nitrogens with zero attached hydrogens (tertiary/aromatic N) is 2. The lowest BCUT2D eigenvalue weighted by Gasteiger charge is -2.41. The van der Waals surface area contributed by atoms with Gasteiger partial charge in [0.2, 0.25) is 11.8 Å². The molecule has 4 heterocycles. The summed E-state index contributed by atoms with van der Waals surface area (Å²) in [5.74, 6) is -2.48. The highest BCUT2D eigenvalue weighted by Gasteiger charge is 2.75. The van der Waals surface area contributed by atoms with Crippen LogP contribution in [0.5, 0.6) is 0 Å². The third-order valence-corrected chi connectivity index (χ3v) is 8.78. The van der Waals surface area contributed by atoms with Crippen molar-refractivity contribution in [2.45, 2.75) is 102 Å². The number of ether oxygens (including phenoxy) is 2. The molecule has 0 radical (unpaired) electrons. The summed E-state index contributed by atoms with van der Waals surface area (Å²) in [6.45, 7) is 9.22. The molecule has 4 rings (SSSR count). The maximum Gasteiger partial charge on any atom is 0.313 e. The van der Waals surface area contributed by atoms with Crippen LogP contribution in [0, 0.1) is 17.8 Å². The van der Waals surface area contributed by atoms with Crippen LogP contribution >= 0.6 is 0 Å². The van der Waals surface area contributed by atoms with Crippen molar-refractivity contribution in [3.05, 3.63) is 24.3 Å². The molecule has 212 valence electrons. The van der Waals surface area contributed by atoms with Crippen molar-refractivity contribution in [2.24, 2.45) is 17.8 Å². The number of amides is 2. The molecule has 2 fully saturated rings. The van der Waals surface area contributed by atoms with Gasteiger partial charge in [0.25, 0.3) is 0 Å². The van der Waals surface area contributed by atoms with Gasteiger partial charge >= 0.3 is 5.97 Å². The van der Waals surface area contributed by atoms with E-state index in [1.165, 1.54) is 0 Å². The molecule has 2 saturated heterocycles. The van der Waals surface area contributed by atoms with Crippen molar-refractivity contribution in [2.75, 3.05) is 26.3 Å². The van der Waals surface area contributed by atoms with Gasteiger partial charge in [0.05, 0.1) is 25.2 Å². The van der Waals surface area contributed by atoms with Crippen LogP contribution in [-0.4, -0.2) is 82.3 Å².